The van der Waals surface area contributed by atoms with Gasteiger partial charge in [-0.15, -0.1) is 0 Å². The number of carbonyl (C=O) groups excluding carboxylic acids is 1. The molecule has 0 spiro atoms. The molecular formula is C17H25NO3. The van der Waals surface area contributed by atoms with Gasteiger partial charge in [0.1, 0.15) is 11.5 Å². The Morgan fingerprint density at radius 1 is 1.33 bits per heavy atom. The van der Waals surface area contributed by atoms with Crippen LogP contribution in [0.25, 0.3) is 0 Å². The molecule has 1 aromatic rings. The first-order valence-corrected chi connectivity index (χ1v) is 7.62. The lowest BCUT2D eigenvalue weighted by Gasteiger charge is -2.26. The molecule has 0 bridgehead atoms. The van der Waals surface area contributed by atoms with Gasteiger partial charge in [0.15, 0.2) is 0 Å². The van der Waals surface area contributed by atoms with Gasteiger partial charge in [-0.25, -0.2) is 0 Å². The van der Waals surface area contributed by atoms with E-state index in [2.05, 4.69) is 6.92 Å². The van der Waals surface area contributed by atoms with E-state index in [1.165, 1.54) is 0 Å². The van der Waals surface area contributed by atoms with Crippen molar-refractivity contribution in [1.82, 2.24) is 4.90 Å². The summed E-state index contributed by atoms with van der Waals surface area (Å²) in [6, 6.07) is 6.12. The zero-order valence-corrected chi connectivity index (χ0v) is 13.4. The Kier molecular flexibility index (Phi) is 5.10. The first-order chi connectivity index (χ1) is 10.1. The van der Waals surface area contributed by atoms with Gasteiger partial charge in [0.05, 0.1) is 14.2 Å². The zero-order chi connectivity index (χ0) is 15.4. The predicted molar refractivity (Wildman–Crippen MR) is 82.6 cm³/mol. The van der Waals surface area contributed by atoms with Gasteiger partial charge >= 0.3 is 0 Å². The molecule has 2 rings (SSSR count). The molecule has 1 amide bonds. The van der Waals surface area contributed by atoms with E-state index in [9.17, 15) is 4.79 Å². The molecule has 1 aliphatic rings. The van der Waals surface area contributed by atoms with Crippen LogP contribution in [0.1, 0.15) is 38.7 Å². The predicted octanol–water partition coefficient (Wildman–Crippen LogP) is 3.24. The molecule has 0 aliphatic heterocycles. The fourth-order valence-electron chi connectivity index (χ4n) is 2.42. The molecule has 1 saturated carbocycles. The van der Waals surface area contributed by atoms with Crippen LogP contribution in [0, 0.1) is 5.92 Å². The molecule has 116 valence electrons. The van der Waals surface area contributed by atoms with E-state index in [1.54, 1.807) is 14.2 Å². The number of ether oxygens (including phenoxy) is 2. The van der Waals surface area contributed by atoms with Gasteiger partial charge in [-0.1, -0.05) is 13.8 Å². The van der Waals surface area contributed by atoms with Crippen molar-refractivity contribution < 1.29 is 14.3 Å². The summed E-state index contributed by atoms with van der Waals surface area (Å²) >= 11 is 0. The van der Waals surface area contributed by atoms with E-state index in [4.69, 9.17) is 9.47 Å². The van der Waals surface area contributed by atoms with E-state index in [0.29, 0.717) is 12.6 Å². The molecule has 0 saturated heterocycles. The minimum Gasteiger partial charge on any atom is -0.497 e. The van der Waals surface area contributed by atoms with Crippen LogP contribution in [-0.2, 0) is 11.3 Å². The van der Waals surface area contributed by atoms with Crippen molar-refractivity contribution in [2.75, 3.05) is 14.2 Å². The number of methoxy groups -OCH3 is 2. The second-order valence-electron chi connectivity index (χ2n) is 5.68. The lowest BCUT2D eigenvalue weighted by molar-refractivity contribution is -0.136. The summed E-state index contributed by atoms with van der Waals surface area (Å²) in [6.07, 6.45) is 3.08. The Morgan fingerprint density at radius 2 is 2.05 bits per heavy atom. The summed E-state index contributed by atoms with van der Waals surface area (Å²) in [7, 11) is 3.30. The summed E-state index contributed by atoms with van der Waals surface area (Å²) < 4.78 is 10.7. The van der Waals surface area contributed by atoms with Crippen LogP contribution < -0.4 is 9.47 Å². The standard InChI is InChI=1S/C17H25NO3/c1-5-12(2)17(19)18(14-6-7-14)11-13-10-15(20-3)8-9-16(13)21-4/h8-10,12,14H,5-7,11H2,1-4H3. The SMILES string of the molecule is CCC(C)C(=O)N(Cc1cc(OC)ccc1OC)C1CC1. The second kappa shape index (κ2) is 6.83. The Hall–Kier alpha value is -1.71. The smallest absolute Gasteiger partial charge is 0.225 e. The highest BCUT2D eigenvalue weighted by molar-refractivity contribution is 5.79. The Morgan fingerprint density at radius 3 is 2.57 bits per heavy atom. The van der Waals surface area contributed by atoms with Crippen LogP contribution >= 0.6 is 0 Å². The Labute approximate surface area is 127 Å². The Bertz CT molecular complexity index is 497. The maximum absolute atomic E-state index is 12.6. The van der Waals surface area contributed by atoms with E-state index >= 15 is 0 Å². The van der Waals surface area contributed by atoms with Crippen LogP contribution in [0.2, 0.25) is 0 Å². The molecule has 0 aromatic heterocycles. The second-order valence-corrected chi connectivity index (χ2v) is 5.68. The third kappa shape index (κ3) is 3.69. The molecule has 1 unspecified atom stereocenters. The summed E-state index contributed by atoms with van der Waals surface area (Å²) in [6.45, 7) is 4.65. The average molecular weight is 291 g/mol. The van der Waals surface area contributed by atoms with Gasteiger partial charge < -0.3 is 14.4 Å². The van der Waals surface area contributed by atoms with E-state index < -0.39 is 0 Å². The topological polar surface area (TPSA) is 38.8 Å². The monoisotopic (exact) mass is 291 g/mol. The van der Waals surface area contributed by atoms with Crippen LogP contribution in [0.15, 0.2) is 18.2 Å². The molecule has 1 fully saturated rings. The highest BCUT2D eigenvalue weighted by Crippen LogP contribution is 2.33. The Balaban J connectivity index is 2.22. The third-order valence-electron chi connectivity index (χ3n) is 4.13. The molecule has 1 aliphatic carbocycles. The van der Waals surface area contributed by atoms with Crippen molar-refractivity contribution in [2.45, 2.75) is 45.7 Å². The average Bonchev–Trinajstić information content (AvgIpc) is 3.35. The van der Waals surface area contributed by atoms with E-state index in [0.717, 1.165) is 36.3 Å². The minimum atomic E-state index is 0.0715. The molecule has 0 N–H and O–H groups in total. The largest absolute Gasteiger partial charge is 0.497 e. The van der Waals surface area contributed by atoms with Gasteiger partial charge in [0.25, 0.3) is 0 Å². The number of hydrogen-bond acceptors (Lipinski definition) is 3. The van der Waals surface area contributed by atoms with Gasteiger partial charge in [-0.05, 0) is 37.5 Å². The van der Waals surface area contributed by atoms with Gasteiger partial charge in [0.2, 0.25) is 5.91 Å². The van der Waals surface area contributed by atoms with Crippen LogP contribution in [0.5, 0.6) is 11.5 Å². The number of benzene rings is 1. The van der Waals surface area contributed by atoms with Crippen molar-refractivity contribution in [3.63, 3.8) is 0 Å². The van der Waals surface area contributed by atoms with Crippen molar-refractivity contribution in [1.29, 1.82) is 0 Å². The van der Waals surface area contributed by atoms with Gasteiger partial charge in [0, 0.05) is 24.1 Å². The normalized spacial score (nSPS) is 15.4. The number of hydrogen-bond donors (Lipinski definition) is 0. The molecule has 4 nitrogen and oxygen atoms in total. The quantitative estimate of drug-likeness (QED) is 0.774. The molecule has 1 aromatic carbocycles. The lowest BCUT2D eigenvalue weighted by atomic mass is 10.1. The van der Waals surface area contributed by atoms with Gasteiger partial charge in [-0.3, -0.25) is 4.79 Å². The fraction of sp³-hybridized carbons (Fsp3) is 0.588. The molecule has 0 heterocycles. The van der Waals surface area contributed by atoms with Crippen LogP contribution in [-0.4, -0.2) is 31.1 Å². The molecular weight excluding hydrogens is 266 g/mol. The highest BCUT2D eigenvalue weighted by Gasteiger charge is 2.34. The summed E-state index contributed by atoms with van der Waals surface area (Å²) in [5.41, 5.74) is 1.00. The number of nitrogens with zero attached hydrogens (tertiary/aromatic N) is 1. The highest BCUT2D eigenvalue weighted by atomic mass is 16.5. The lowest BCUT2D eigenvalue weighted by Crippen LogP contribution is -2.36. The first-order valence-electron chi connectivity index (χ1n) is 7.62. The van der Waals surface area contributed by atoms with Gasteiger partial charge in [-0.2, -0.15) is 0 Å². The van der Waals surface area contributed by atoms with E-state index in [1.807, 2.05) is 30.0 Å². The zero-order valence-electron chi connectivity index (χ0n) is 13.4. The summed E-state index contributed by atoms with van der Waals surface area (Å²) in [5.74, 6) is 1.91. The van der Waals surface area contributed by atoms with E-state index in [-0.39, 0.29) is 11.8 Å². The number of amides is 1. The maximum atomic E-state index is 12.6. The van der Waals surface area contributed by atoms with Crippen molar-refractivity contribution in [3.05, 3.63) is 23.8 Å². The summed E-state index contributed by atoms with van der Waals surface area (Å²) in [4.78, 5) is 14.6. The molecule has 21 heavy (non-hydrogen) atoms. The third-order valence-corrected chi connectivity index (χ3v) is 4.13. The van der Waals surface area contributed by atoms with Crippen molar-refractivity contribution in [3.8, 4) is 11.5 Å². The molecule has 0 radical (unpaired) electrons. The minimum absolute atomic E-state index is 0.0715. The molecule has 1 atom stereocenters. The van der Waals surface area contributed by atoms with Crippen LogP contribution in [0.4, 0.5) is 0 Å². The van der Waals surface area contributed by atoms with Crippen molar-refractivity contribution in [2.24, 2.45) is 5.92 Å². The number of carbonyl (C=O) groups is 1. The maximum Gasteiger partial charge on any atom is 0.225 e. The number of rotatable bonds is 7. The van der Waals surface area contributed by atoms with Crippen LogP contribution in [0.3, 0.4) is 0 Å². The molecule has 4 heteroatoms. The summed E-state index contributed by atoms with van der Waals surface area (Å²) in [5, 5.41) is 0. The first kappa shape index (κ1) is 15.7. The fourth-order valence-corrected chi connectivity index (χ4v) is 2.42. The van der Waals surface area contributed by atoms with Crippen molar-refractivity contribution >= 4 is 5.91 Å².